The van der Waals surface area contributed by atoms with Gasteiger partial charge in [-0.1, -0.05) is 26.0 Å². The predicted molar refractivity (Wildman–Crippen MR) is 100 cm³/mol. The molecule has 1 saturated heterocycles. The van der Waals surface area contributed by atoms with Gasteiger partial charge < -0.3 is 20.1 Å². The first-order valence-electron chi connectivity index (χ1n) is 9.03. The number of rotatable bonds is 7. The summed E-state index contributed by atoms with van der Waals surface area (Å²) in [7, 11) is 1.33. The summed E-state index contributed by atoms with van der Waals surface area (Å²) in [6.45, 7) is 7.15. The lowest BCUT2D eigenvalue weighted by molar-refractivity contribution is -0.145. The molecule has 0 radical (unpaired) electrons. The molecule has 1 atom stereocenters. The third-order valence-corrected chi connectivity index (χ3v) is 4.49. The van der Waals surface area contributed by atoms with Crippen LogP contribution in [-0.4, -0.2) is 67.8 Å². The number of piperazine rings is 1. The molecular weight excluding hydrogens is 334 g/mol. The lowest BCUT2D eigenvalue weighted by Crippen LogP contribution is -2.51. The van der Waals surface area contributed by atoms with E-state index in [0.29, 0.717) is 6.42 Å². The number of aromatic hydroxyl groups is 1. The van der Waals surface area contributed by atoms with Crippen LogP contribution in [0.15, 0.2) is 24.3 Å². The molecule has 0 aliphatic carbocycles. The van der Waals surface area contributed by atoms with Crippen LogP contribution < -0.4 is 10.2 Å². The largest absolute Gasteiger partial charge is 0.506 e. The molecule has 7 heteroatoms. The number of nitrogens with one attached hydrogen (secondary N) is 1. The number of ether oxygens (including phenoxy) is 1. The van der Waals surface area contributed by atoms with Crippen molar-refractivity contribution in [3.63, 3.8) is 0 Å². The van der Waals surface area contributed by atoms with Crippen LogP contribution in [-0.2, 0) is 14.3 Å². The molecule has 0 aromatic heterocycles. The Morgan fingerprint density at radius 2 is 1.85 bits per heavy atom. The summed E-state index contributed by atoms with van der Waals surface area (Å²) < 4.78 is 4.78. The molecule has 1 aliphatic rings. The highest BCUT2D eigenvalue weighted by Crippen LogP contribution is 2.27. The molecule has 144 valence electrons. The Bertz CT molecular complexity index is 613. The summed E-state index contributed by atoms with van der Waals surface area (Å²) in [5, 5.41) is 12.7. The highest BCUT2D eigenvalue weighted by molar-refractivity contribution is 5.85. The third-order valence-electron chi connectivity index (χ3n) is 4.49. The number of para-hydroxylation sites is 2. The van der Waals surface area contributed by atoms with Gasteiger partial charge in [-0.15, -0.1) is 0 Å². The normalized spacial score (nSPS) is 16.4. The topological polar surface area (TPSA) is 82.1 Å². The molecule has 0 bridgehead atoms. The van der Waals surface area contributed by atoms with Gasteiger partial charge in [0.25, 0.3) is 0 Å². The van der Waals surface area contributed by atoms with Gasteiger partial charge in [0.15, 0.2) is 0 Å². The van der Waals surface area contributed by atoms with Gasteiger partial charge >= 0.3 is 5.97 Å². The highest BCUT2D eigenvalue weighted by atomic mass is 16.5. The molecule has 0 unspecified atom stereocenters. The average molecular weight is 363 g/mol. The molecule has 0 saturated carbocycles. The number of carbonyl (C=O) groups excluding carboxylic acids is 2. The summed E-state index contributed by atoms with van der Waals surface area (Å²) in [6.07, 6.45) is 0.555. The second kappa shape index (κ2) is 9.43. The van der Waals surface area contributed by atoms with Crippen LogP contribution in [0, 0.1) is 5.92 Å². The van der Waals surface area contributed by atoms with Crippen LogP contribution in [0.25, 0.3) is 0 Å². The number of carbonyl (C=O) groups is 2. The van der Waals surface area contributed by atoms with Crippen molar-refractivity contribution in [1.82, 2.24) is 10.2 Å². The van der Waals surface area contributed by atoms with Crippen LogP contribution in [0.4, 0.5) is 5.69 Å². The molecule has 1 aromatic rings. The molecule has 26 heavy (non-hydrogen) atoms. The fourth-order valence-corrected chi connectivity index (χ4v) is 3.15. The number of phenolic OH excluding ortho intramolecular Hbond substituents is 1. The van der Waals surface area contributed by atoms with Crippen molar-refractivity contribution >= 4 is 17.6 Å². The Hall–Kier alpha value is -2.28. The molecule has 2 N–H and O–H groups in total. The molecule has 7 nitrogen and oxygen atoms in total. The number of phenols is 1. The number of benzene rings is 1. The second-order valence-corrected chi connectivity index (χ2v) is 7.02. The summed E-state index contributed by atoms with van der Waals surface area (Å²) in [5.74, 6) is -0.0247. The summed E-state index contributed by atoms with van der Waals surface area (Å²) >= 11 is 0. The highest BCUT2D eigenvalue weighted by Gasteiger charge is 2.25. The molecule has 1 amide bonds. The number of esters is 1. The molecular formula is C19H29N3O4. The number of amides is 1. The van der Waals surface area contributed by atoms with E-state index in [9.17, 15) is 14.7 Å². The van der Waals surface area contributed by atoms with Gasteiger partial charge in [0.2, 0.25) is 5.91 Å². The molecule has 1 aliphatic heterocycles. The van der Waals surface area contributed by atoms with Gasteiger partial charge in [0, 0.05) is 26.2 Å². The average Bonchev–Trinajstić information content (AvgIpc) is 2.61. The standard InChI is InChI=1S/C19H29N3O4/c1-14(2)12-15(19(25)26-3)20-18(24)13-21-8-10-22(11-9-21)16-6-4-5-7-17(16)23/h4-7,14-15,23H,8-13H2,1-3H3,(H,20,24)/t15-/m1/s1. The van der Waals surface area contributed by atoms with Crippen molar-refractivity contribution < 1.29 is 19.4 Å². The minimum atomic E-state index is -0.602. The van der Waals surface area contributed by atoms with Gasteiger partial charge in [-0.05, 0) is 24.5 Å². The van der Waals surface area contributed by atoms with E-state index < -0.39 is 12.0 Å². The third kappa shape index (κ3) is 5.62. The SMILES string of the molecule is COC(=O)[C@@H](CC(C)C)NC(=O)CN1CCN(c2ccccc2O)CC1. The first-order chi connectivity index (χ1) is 12.4. The Kier molecular flexibility index (Phi) is 7.26. The minimum Gasteiger partial charge on any atom is -0.506 e. The van der Waals surface area contributed by atoms with Gasteiger partial charge in [-0.2, -0.15) is 0 Å². The molecule has 0 spiro atoms. The van der Waals surface area contributed by atoms with Crippen molar-refractivity contribution in [2.24, 2.45) is 5.92 Å². The van der Waals surface area contributed by atoms with Crippen molar-refractivity contribution in [1.29, 1.82) is 0 Å². The monoisotopic (exact) mass is 363 g/mol. The van der Waals surface area contributed by atoms with E-state index in [-0.39, 0.29) is 24.1 Å². The van der Waals surface area contributed by atoms with Crippen molar-refractivity contribution in [3.8, 4) is 5.75 Å². The molecule has 1 heterocycles. The second-order valence-electron chi connectivity index (χ2n) is 7.02. The Labute approximate surface area is 154 Å². The van der Waals surface area contributed by atoms with E-state index in [1.807, 2.05) is 26.0 Å². The summed E-state index contributed by atoms with van der Waals surface area (Å²) in [4.78, 5) is 28.3. The van der Waals surface area contributed by atoms with E-state index in [4.69, 9.17) is 4.74 Å². The van der Waals surface area contributed by atoms with Crippen molar-refractivity contribution in [2.45, 2.75) is 26.3 Å². The fraction of sp³-hybridized carbons (Fsp3) is 0.579. The lowest BCUT2D eigenvalue weighted by atomic mass is 10.0. The van der Waals surface area contributed by atoms with Crippen LogP contribution in [0.3, 0.4) is 0 Å². The maximum Gasteiger partial charge on any atom is 0.328 e. The summed E-state index contributed by atoms with van der Waals surface area (Å²) in [6, 6.07) is 6.67. The molecule has 1 aromatic carbocycles. The number of methoxy groups -OCH3 is 1. The van der Waals surface area contributed by atoms with E-state index >= 15 is 0 Å². The summed E-state index contributed by atoms with van der Waals surface area (Å²) in [5.41, 5.74) is 0.819. The minimum absolute atomic E-state index is 0.169. The number of anilines is 1. The molecule has 2 rings (SSSR count). The Balaban J connectivity index is 1.83. The van der Waals surface area contributed by atoms with Gasteiger partial charge in [0.05, 0.1) is 19.3 Å². The van der Waals surface area contributed by atoms with E-state index in [1.165, 1.54) is 7.11 Å². The van der Waals surface area contributed by atoms with Crippen LogP contribution in [0.1, 0.15) is 20.3 Å². The molecule has 1 fully saturated rings. The quantitative estimate of drug-likeness (QED) is 0.709. The van der Waals surface area contributed by atoms with Gasteiger partial charge in [0.1, 0.15) is 11.8 Å². The predicted octanol–water partition coefficient (Wildman–Crippen LogP) is 1.22. The van der Waals surface area contributed by atoms with Crippen LogP contribution in [0.5, 0.6) is 5.75 Å². The van der Waals surface area contributed by atoms with E-state index in [1.54, 1.807) is 12.1 Å². The zero-order valence-electron chi connectivity index (χ0n) is 15.8. The van der Waals surface area contributed by atoms with Crippen molar-refractivity contribution in [2.75, 3.05) is 44.7 Å². The number of nitrogens with zero attached hydrogens (tertiary/aromatic N) is 2. The van der Waals surface area contributed by atoms with E-state index in [0.717, 1.165) is 31.9 Å². The zero-order chi connectivity index (χ0) is 19.1. The maximum absolute atomic E-state index is 12.3. The maximum atomic E-state index is 12.3. The van der Waals surface area contributed by atoms with Crippen LogP contribution >= 0.6 is 0 Å². The van der Waals surface area contributed by atoms with Gasteiger partial charge in [-0.25, -0.2) is 4.79 Å². The van der Waals surface area contributed by atoms with E-state index in [2.05, 4.69) is 15.1 Å². The fourth-order valence-electron chi connectivity index (χ4n) is 3.15. The lowest BCUT2D eigenvalue weighted by Gasteiger charge is -2.36. The number of hydrogen-bond donors (Lipinski definition) is 2. The van der Waals surface area contributed by atoms with Crippen molar-refractivity contribution in [3.05, 3.63) is 24.3 Å². The van der Waals surface area contributed by atoms with Crippen LogP contribution in [0.2, 0.25) is 0 Å². The first-order valence-corrected chi connectivity index (χ1v) is 9.03. The number of hydrogen-bond acceptors (Lipinski definition) is 6. The van der Waals surface area contributed by atoms with Gasteiger partial charge in [-0.3, -0.25) is 9.69 Å². The first kappa shape index (κ1) is 20.0. The Morgan fingerprint density at radius 1 is 1.19 bits per heavy atom. The zero-order valence-corrected chi connectivity index (χ0v) is 15.8. The smallest absolute Gasteiger partial charge is 0.328 e. The Morgan fingerprint density at radius 3 is 2.42 bits per heavy atom.